The SMILES string of the molecule is COc1ccc(C(=O)c2ccc(Br)cc2N)cc1. The van der Waals surface area contributed by atoms with Crippen molar-refractivity contribution in [2.75, 3.05) is 12.8 Å². The second-order valence-electron chi connectivity index (χ2n) is 3.79. The Morgan fingerprint density at radius 3 is 2.39 bits per heavy atom. The van der Waals surface area contributed by atoms with Crippen LogP contribution in [0.5, 0.6) is 5.75 Å². The van der Waals surface area contributed by atoms with E-state index in [2.05, 4.69) is 15.9 Å². The number of halogens is 1. The van der Waals surface area contributed by atoms with Gasteiger partial charge in [-0.15, -0.1) is 0 Å². The monoisotopic (exact) mass is 305 g/mol. The molecule has 0 radical (unpaired) electrons. The molecule has 0 amide bonds. The minimum atomic E-state index is -0.0948. The molecule has 18 heavy (non-hydrogen) atoms. The van der Waals surface area contributed by atoms with E-state index in [0.29, 0.717) is 16.8 Å². The molecule has 0 saturated heterocycles. The van der Waals surface area contributed by atoms with Crippen molar-refractivity contribution in [1.82, 2.24) is 0 Å². The van der Waals surface area contributed by atoms with Gasteiger partial charge in [0.15, 0.2) is 5.78 Å². The van der Waals surface area contributed by atoms with E-state index < -0.39 is 0 Å². The van der Waals surface area contributed by atoms with E-state index in [-0.39, 0.29) is 5.78 Å². The number of hydrogen-bond donors (Lipinski definition) is 1. The Morgan fingerprint density at radius 2 is 1.83 bits per heavy atom. The second-order valence-corrected chi connectivity index (χ2v) is 4.70. The highest BCUT2D eigenvalue weighted by molar-refractivity contribution is 9.10. The van der Waals surface area contributed by atoms with Crippen molar-refractivity contribution in [3.8, 4) is 5.75 Å². The van der Waals surface area contributed by atoms with Gasteiger partial charge >= 0.3 is 0 Å². The molecule has 92 valence electrons. The van der Waals surface area contributed by atoms with Gasteiger partial charge in [-0.3, -0.25) is 4.79 Å². The van der Waals surface area contributed by atoms with Crippen LogP contribution in [0.4, 0.5) is 5.69 Å². The highest BCUT2D eigenvalue weighted by Crippen LogP contribution is 2.22. The summed E-state index contributed by atoms with van der Waals surface area (Å²) < 4.78 is 5.90. The number of nitrogen functional groups attached to an aromatic ring is 1. The van der Waals surface area contributed by atoms with Gasteiger partial charge < -0.3 is 10.5 Å². The van der Waals surface area contributed by atoms with Crippen molar-refractivity contribution < 1.29 is 9.53 Å². The number of ketones is 1. The zero-order valence-corrected chi connectivity index (χ0v) is 11.4. The van der Waals surface area contributed by atoms with Gasteiger partial charge in [-0.2, -0.15) is 0 Å². The topological polar surface area (TPSA) is 52.3 Å². The van der Waals surface area contributed by atoms with Crippen molar-refractivity contribution in [3.63, 3.8) is 0 Å². The third-order valence-electron chi connectivity index (χ3n) is 2.61. The third-order valence-corrected chi connectivity index (χ3v) is 3.10. The number of methoxy groups -OCH3 is 1. The van der Waals surface area contributed by atoms with E-state index in [1.54, 1.807) is 49.6 Å². The number of nitrogens with two attached hydrogens (primary N) is 1. The Morgan fingerprint density at radius 1 is 1.17 bits per heavy atom. The average molecular weight is 306 g/mol. The number of carbonyl (C=O) groups is 1. The fraction of sp³-hybridized carbons (Fsp3) is 0.0714. The van der Waals surface area contributed by atoms with Crippen LogP contribution < -0.4 is 10.5 Å². The predicted molar refractivity (Wildman–Crippen MR) is 75.0 cm³/mol. The molecule has 0 unspecified atom stereocenters. The summed E-state index contributed by atoms with van der Waals surface area (Å²) in [6.45, 7) is 0. The molecule has 0 atom stereocenters. The van der Waals surface area contributed by atoms with E-state index in [1.807, 2.05) is 0 Å². The quantitative estimate of drug-likeness (QED) is 0.699. The molecular weight excluding hydrogens is 294 g/mol. The minimum absolute atomic E-state index is 0.0948. The lowest BCUT2D eigenvalue weighted by Crippen LogP contribution is -2.05. The summed E-state index contributed by atoms with van der Waals surface area (Å²) >= 11 is 3.31. The zero-order valence-electron chi connectivity index (χ0n) is 9.81. The smallest absolute Gasteiger partial charge is 0.195 e. The fourth-order valence-corrected chi connectivity index (χ4v) is 2.02. The molecular formula is C14H12BrNO2. The highest BCUT2D eigenvalue weighted by atomic mass is 79.9. The zero-order chi connectivity index (χ0) is 13.1. The molecule has 0 aliphatic heterocycles. The van der Waals surface area contributed by atoms with Crippen molar-refractivity contribution in [2.24, 2.45) is 0 Å². The molecule has 2 N–H and O–H groups in total. The molecule has 0 aromatic heterocycles. The highest BCUT2D eigenvalue weighted by Gasteiger charge is 2.12. The maximum absolute atomic E-state index is 12.2. The third kappa shape index (κ3) is 2.54. The van der Waals surface area contributed by atoms with Crippen LogP contribution in [0.25, 0.3) is 0 Å². The molecule has 2 aromatic carbocycles. The molecule has 0 fully saturated rings. The number of hydrogen-bond acceptors (Lipinski definition) is 3. The molecule has 0 aliphatic rings. The van der Waals surface area contributed by atoms with Crippen molar-refractivity contribution >= 4 is 27.4 Å². The Labute approximate surface area is 114 Å². The summed E-state index contributed by atoms with van der Waals surface area (Å²) in [5.41, 5.74) is 7.39. The fourth-order valence-electron chi connectivity index (χ4n) is 1.64. The van der Waals surface area contributed by atoms with Crippen molar-refractivity contribution in [1.29, 1.82) is 0 Å². The molecule has 2 aromatic rings. The standard InChI is InChI=1S/C14H12BrNO2/c1-18-11-5-2-9(3-6-11)14(17)12-7-4-10(15)8-13(12)16/h2-8H,16H2,1H3. The Kier molecular flexibility index (Phi) is 3.67. The van der Waals surface area contributed by atoms with Crippen LogP contribution >= 0.6 is 15.9 Å². The molecule has 2 rings (SSSR count). The van der Waals surface area contributed by atoms with Gasteiger partial charge in [-0.1, -0.05) is 15.9 Å². The van der Waals surface area contributed by atoms with Crippen LogP contribution in [0.1, 0.15) is 15.9 Å². The largest absolute Gasteiger partial charge is 0.497 e. The number of benzene rings is 2. The summed E-state index contributed by atoms with van der Waals surface area (Å²) in [6.07, 6.45) is 0. The summed E-state index contributed by atoms with van der Waals surface area (Å²) in [4.78, 5) is 12.2. The lowest BCUT2D eigenvalue weighted by atomic mass is 10.0. The Hall–Kier alpha value is -1.81. The first-order chi connectivity index (χ1) is 8.61. The maximum atomic E-state index is 12.2. The number of anilines is 1. The Balaban J connectivity index is 2.35. The van der Waals surface area contributed by atoms with Gasteiger partial charge in [-0.05, 0) is 42.5 Å². The molecule has 0 aliphatic carbocycles. The number of ether oxygens (including phenoxy) is 1. The van der Waals surface area contributed by atoms with Gasteiger partial charge in [0.1, 0.15) is 5.75 Å². The average Bonchev–Trinajstić information content (AvgIpc) is 2.38. The first kappa shape index (κ1) is 12.6. The van der Waals surface area contributed by atoms with E-state index in [4.69, 9.17) is 10.5 Å². The van der Waals surface area contributed by atoms with Crippen molar-refractivity contribution in [2.45, 2.75) is 0 Å². The second kappa shape index (κ2) is 5.23. The molecule has 0 bridgehead atoms. The van der Waals surface area contributed by atoms with Gasteiger partial charge in [-0.25, -0.2) is 0 Å². The molecule has 0 heterocycles. The lowest BCUT2D eigenvalue weighted by molar-refractivity contribution is 0.103. The molecule has 0 saturated carbocycles. The van der Waals surface area contributed by atoms with Crippen LogP contribution in [-0.4, -0.2) is 12.9 Å². The normalized spacial score (nSPS) is 10.1. The summed E-state index contributed by atoms with van der Waals surface area (Å²) in [6, 6.07) is 12.2. The number of carbonyl (C=O) groups excluding carboxylic acids is 1. The van der Waals surface area contributed by atoms with E-state index in [9.17, 15) is 4.79 Å². The first-order valence-electron chi connectivity index (χ1n) is 5.35. The van der Waals surface area contributed by atoms with Crippen LogP contribution in [0.3, 0.4) is 0 Å². The van der Waals surface area contributed by atoms with E-state index in [0.717, 1.165) is 10.2 Å². The summed E-state index contributed by atoms with van der Waals surface area (Å²) in [5, 5.41) is 0. The molecule has 0 spiro atoms. The summed E-state index contributed by atoms with van der Waals surface area (Å²) in [5.74, 6) is 0.623. The number of rotatable bonds is 3. The maximum Gasteiger partial charge on any atom is 0.195 e. The van der Waals surface area contributed by atoms with Crippen LogP contribution in [0.2, 0.25) is 0 Å². The minimum Gasteiger partial charge on any atom is -0.497 e. The van der Waals surface area contributed by atoms with Crippen LogP contribution in [0.15, 0.2) is 46.9 Å². The van der Waals surface area contributed by atoms with Crippen molar-refractivity contribution in [3.05, 3.63) is 58.1 Å². The van der Waals surface area contributed by atoms with Gasteiger partial charge in [0.05, 0.1) is 7.11 Å². The summed E-state index contributed by atoms with van der Waals surface area (Å²) in [7, 11) is 1.59. The molecule has 3 nitrogen and oxygen atoms in total. The van der Waals surface area contributed by atoms with Crippen LogP contribution in [-0.2, 0) is 0 Å². The molecule has 4 heteroatoms. The first-order valence-corrected chi connectivity index (χ1v) is 6.15. The Bertz CT molecular complexity index is 579. The van der Waals surface area contributed by atoms with Crippen LogP contribution in [0, 0.1) is 0 Å². The van der Waals surface area contributed by atoms with E-state index >= 15 is 0 Å². The van der Waals surface area contributed by atoms with Gasteiger partial charge in [0.25, 0.3) is 0 Å². The van der Waals surface area contributed by atoms with Gasteiger partial charge in [0.2, 0.25) is 0 Å². The predicted octanol–water partition coefficient (Wildman–Crippen LogP) is 3.27. The van der Waals surface area contributed by atoms with E-state index in [1.165, 1.54) is 0 Å². The van der Waals surface area contributed by atoms with Gasteiger partial charge in [0, 0.05) is 21.3 Å². The lowest BCUT2D eigenvalue weighted by Gasteiger charge is -2.06.